The van der Waals surface area contributed by atoms with E-state index in [1.54, 1.807) is 30.5 Å². The molecule has 1 fully saturated rings. The first-order chi connectivity index (χ1) is 16.8. The van der Waals surface area contributed by atoms with Gasteiger partial charge in [-0.15, -0.1) is 0 Å². The van der Waals surface area contributed by atoms with Gasteiger partial charge in [0.25, 0.3) is 5.92 Å². The van der Waals surface area contributed by atoms with Crippen LogP contribution in [-0.2, 0) is 10.3 Å². The van der Waals surface area contributed by atoms with Crippen LogP contribution >= 0.6 is 0 Å². The number of nitrogens with two attached hydrogens (primary N) is 1. The summed E-state index contributed by atoms with van der Waals surface area (Å²) in [4.78, 5) is 10.6. The molecule has 2 atom stereocenters. The topological polar surface area (TPSA) is 85.0 Å². The van der Waals surface area contributed by atoms with Crippen molar-refractivity contribution in [2.75, 3.05) is 26.3 Å². The van der Waals surface area contributed by atoms with E-state index in [2.05, 4.69) is 10.3 Å². The second-order valence-corrected chi connectivity index (χ2v) is 9.20. The molecule has 1 spiro atoms. The normalized spacial score (nSPS) is 27.5. The van der Waals surface area contributed by atoms with E-state index in [9.17, 15) is 13.2 Å². The van der Waals surface area contributed by atoms with Crippen LogP contribution in [-0.4, -0.2) is 54.1 Å². The number of nitrogens with one attached hydrogen (secondary N) is 1. The van der Waals surface area contributed by atoms with Gasteiger partial charge in [-0.1, -0.05) is 6.07 Å². The number of fused-ring (bicyclic) bond motifs is 4. The Morgan fingerprint density at radius 3 is 2.77 bits per heavy atom. The van der Waals surface area contributed by atoms with Crippen LogP contribution in [0.1, 0.15) is 18.4 Å². The number of amidine groups is 1. The molecule has 5 heterocycles. The highest BCUT2D eigenvalue weighted by Crippen LogP contribution is 2.50. The Hall–Kier alpha value is -3.37. The van der Waals surface area contributed by atoms with Crippen LogP contribution in [0.25, 0.3) is 11.1 Å². The van der Waals surface area contributed by atoms with Crippen LogP contribution < -0.4 is 15.8 Å². The first-order valence-electron chi connectivity index (χ1n) is 11.5. The van der Waals surface area contributed by atoms with E-state index in [0.717, 1.165) is 5.57 Å². The molecule has 182 valence electrons. The van der Waals surface area contributed by atoms with Crippen molar-refractivity contribution < 1.29 is 22.6 Å². The second kappa shape index (κ2) is 8.10. The van der Waals surface area contributed by atoms with Gasteiger partial charge in [0.05, 0.1) is 12.8 Å². The summed E-state index contributed by atoms with van der Waals surface area (Å²) in [5.41, 5.74) is 7.54. The molecule has 10 heteroatoms. The number of hydrogen-bond acceptors (Lipinski definition) is 7. The number of aromatic nitrogens is 1. The summed E-state index contributed by atoms with van der Waals surface area (Å²) in [5.74, 6) is -1.78. The van der Waals surface area contributed by atoms with Crippen LogP contribution in [0.15, 0.2) is 65.1 Å². The maximum atomic E-state index is 14.5. The monoisotopic (exact) mass is 483 g/mol. The largest absolute Gasteiger partial charge is 0.455 e. The van der Waals surface area contributed by atoms with Crippen molar-refractivity contribution in [1.82, 2.24) is 15.2 Å². The maximum absolute atomic E-state index is 14.5. The first-order valence-corrected chi connectivity index (χ1v) is 11.5. The van der Waals surface area contributed by atoms with Crippen LogP contribution in [0.5, 0.6) is 5.75 Å². The highest BCUT2D eigenvalue weighted by molar-refractivity contribution is 5.84. The number of nitrogens with zero attached hydrogens (tertiary/aromatic N) is 3. The van der Waals surface area contributed by atoms with E-state index in [4.69, 9.17) is 20.2 Å². The number of benzene rings is 1. The van der Waals surface area contributed by atoms with Crippen molar-refractivity contribution in [3.63, 3.8) is 0 Å². The molecule has 1 saturated heterocycles. The van der Waals surface area contributed by atoms with Crippen LogP contribution in [0.2, 0.25) is 0 Å². The van der Waals surface area contributed by atoms with E-state index in [1.165, 1.54) is 6.20 Å². The van der Waals surface area contributed by atoms with Crippen LogP contribution in [0.3, 0.4) is 0 Å². The number of rotatable bonds is 2. The van der Waals surface area contributed by atoms with Gasteiger partial charge in [0.15, 0.2) is 0 Å². The molecule has 0 amide bonds. The molecule has 0 aliphatic carbocycles. The number of aliphatic imine (C=N–C) groups is 1. The molecule has 35 heavy (non-hydrogen) atoms. The van der Waals surface area contributed by atoms with Crippen molar-refractivity contribution in [3.8, 4) is 16.9 Å². The Morgan fingerprint density at radius 1 is 1.17 bits per heavy atom. The third-order valence-electron chi connectivity index (χ3n) is 6.95. The number of hydrogen-bond donors (Lipinski definition) is 2. The van der Waals surface area contributed by atoms with Gasteiger partial charge in [-0.05, 0) is 35.9 Å². The minimum atomic E-state index is -2.64. The molecule has 7 nitrogen and oxygen atoms in total. The SMILES string of the molecule is NC1=NC2(COC1)C1=C[C@H](N3CCC(F)(F)CC3)NC=C1Oc1ccc(-c3cccnc3F)cc12. The lowest BCUT2D eigenvalue weighted by Crippen LogP contribution is -2.52. The number of halogens is 3. The summed E-state index contributed by atoms with van der Waals surface area (Å²) in [7, 11) is 0. The standard InChI is InChI=1S/C25H24F3N5O2/c26-23-16(2-1-7-30-23)15-3-4-19-17(10-15)25(14-34-13-21(29)32-25)18-11-22(31-12-20(18)35-19)33-8-5-24(27,28)6-9-33/h1-4,7,10-12,22,31H,5-6,8-9,13-14H2,(H2,29,32)/t22-,25?/m0/s1. The molecule has 3 N–H and O–H groups in total. The fourth-order valence-electron chi connectivity index (χ4n) is 5.16. The fourth-order valence-corrected chi connectivity index (χ4v) is 5.16. The van der Waals surface area contributed by atoms with E-state index in [-0.39, 0.29) is 45.3 Å². The van der Waals surface area contributed by atoms with E-state index in [1.807, 2.05) is 17.0 Å². The second-order valence-electron chi connectivity index (χ2n) is 9.20. The number of dihydropyridines is 1. The van der Waals surface area contributed by atoms with Crippen molar-refractivity contribution in [2.24, 2.45) is 10.7 Å². The molecule has 1 unspecified atom stereocenters. The summed E-state index contributed by atoms with van der Waals surface area (Å²) < 4.78 is 54.0. The fraction of sp³-hybridized carbons (Fsp3) is 0.360. The molecule has 1 aromatic carbocycles. The molecule has 0 bridgehead atoms. The zero-order chi connectivity index (χ0) is 24.2. The number of ether oxygens (including phenoxy) is 2. The lowest BCUT2D eigenvalue weighted by Gasteiger charge is -2.44. The van der Waals surface area contributed by atoms with Gasteiger partial charge < -0.3 is 20.5 Å². The summed E-state index contributed by atoms with van der Waals surface area (Å²) >= 11 is 0. The summed E-state index contributed by atoms with van der Waals surface area (Å²) in [6, 6.07) is 8.71. The molecule has 4 aliphatic heterocycles. The zero-order valence-corrected chi connectivity index (χ0v) is 18.8. The highest BCUT2D eigenvalue weighted by atomic mass is 19.3. The quantitative estimate of drug-likeness (QED) is 0.638. The highest BCUT2D eigenvalue weighted by Gasteiger charge is 2.48. The van der Waals surface area contributed by atoms with E-state index < -0.39 is 17.4 Å². The number of likely N-dealkylation sites (tertiary alicyclic amines) is 1. The Balaban J connectivity index is 1.46. The minimum Gasteiger partial charge on any atom is -0.455 e. The molecular formula is C25H24F3N5O2. The predicted octanol–water partition coefficient (Wildman–Crippen LogP) is 3.29. The van der Waals surface area contributed by atoms with Crippen molar-refractivity contribution >= 4 is 5.84 Å². The van der Waals surface area contributed by atoms with Gasteiger partial charge >= 0.3 is 0 Å². The number of alkyl halides is 2. The van der Waals surface area contributed by atoms with Crippen molar-refractivity contribution in [1.29, 1.82) is 0 Å². The predicted molar refractivity (Wildman–Crippen MR) is 123 cm³/mol. The molecular weight excluding hydrogens is 459 g/mol. The van der Waals surface area contributed by atoms with Gasteiger partial charge in [-0.25, -0.2) is 13.8 Å². The maximum Gasteiger partial charge on any atom is 0.250 e. The smallest absolute Gasteiger partial charge is 0.250 e. The zero-order valence-electron chi connectivity index (χ0n) is 18.8. The molecule has 0 radical (unpaired) electrons. The Labute approximate surface area is 200 Å². The molecule has 1 aromatic heterocycles. The average Bonchev–Trinajstić information content (AvgIpc) is 2.85. The van der Waals surface area contributed by atoms with Gasteiger partial charge in [-0.3, -0.25) is 9.89 Å². The Morgan fingerprint density at radius 2 is 2.00 bits per heavy atom. The number of pyridine rings is 1. The van der Waals surface area contributed by atoms with Gasteiger partial charge in [0.2, 0.25) is 5.95 Å². The molecule has 4 aliphatic rings. The summed E-state index contributed by atoms with van der Waals surface area (Å²) in [5, 5.41) is 3.26. The van der Waals surface area contributed by atoms with E-state index in [0.29, 0.717) is 34.0 Å². The lowest BCUT2D eigenvalue weighted by atomic mass is 9.77. The third-order valence-corrected chi connectivity index (χ3v) is 6.95. The van der Waals surface area contributed by atoms with Gasteiger partial charge in [-0.2, -0.15) is 4.39 Å². The molecule has 6 rings (SSSR count). The van der Waals surface area contributed by atoms with Gasteiger partial charge in [0, 0.05) is 55.0 Å². The van der Waals surface area contributed by atoms with Crippen molar-refractivity contribution in [3.05, 3.63) is 71.6 Å². The summed E-state index contributed by atoms with van der Waals surface area (Å²) in [6.07, 6.45) is 4.39. The average molecular weight is 483 g/mol. The number of piperidine rings is 1. The van der Waals surface area contributed by atoms with Crippen LogP contribution in [0, 0.1) is 5.95 Å². The molecule has 2 aromatic rings. The summed E-state index contributed by atoms with van der Waals surface area (Å²) in [6.45, 7) is 0.921. The lowest BCUT2D eigenvalue weighted by molar-refractivity contribution is -0.0613. The third kappa shape index (κ3) is 3.77. The van der Waals surface area contributed by atoms with Gasteiger partial charge in [0.1, 0.15) is 29.5 Å². The molecule has 0 saturated carbocycles. The minimum absolute atomic E-state index is 0.191. The van der Waals surface area contributed by atoms with Crippen LogP contribution in [0.4, 0.5) is 13.2 Å². The Kier molecular flexibility index (Phi) is 5.12. The Bertz CT molecular complexity index is 1270. The first kappa shape index (κ1) is 22.1. The van der Waals surface area contributed by atoms with E-state index >= 15 is 0 Å². The van der Waals surface area contributed by atoms with Crippen molar-refractivity contribution in [2.45, 2.75) is 30.5 Å².